The molecule has 0 amide bonds. The van der Waals surface area contributed by atoms with Crippen LogP contribution in [0, 0.1) is 5.92 Å². The van der Waals surface area contributed by atoms with Crippen LogP contribution in [0.3, 0.4) is 0 Å². The Kier molecular flexibility index (Phi) is 5.84. The van der Waals surface area contributed by atoms with Crippen molar-refractivity contribution < 1.29 is 0 Å². The van der Waals surface area contributed by atoms with Crippen molar-refractivity contribution in [3.63, 3.8) is 0 Å². The maximum absolute atomic E-state index is 3.77. The molecule has 2 aliphatic rings. The van der Waals surface area contributed by atoms with Crippen LogP contribution >= 0.6 is 11.8 Å². The Morgan fingerprint density at radius 3 is 2.22 bits per heavy atom. The smallest absolute Gasteiger partial charge is 0.0149 e. The molecular weight excluding hydrogens is 240 g/mol. The van der Waals surface area contributed by atoms with Crippen molar-refractivity contribution in [3.8, 4) is 0 Å². The minimum absolute atomic E-state index is 0.801. The van der Waals surface area contributed by atoms with E-state index >= 15 is 0 Å². The summed E-state index contributed by atoms with van der Waals surface area (Å²) in [5, 5.41) is 5.39. The third kappa shape index (κ3) is 4.75. The van der Waals surface area contributed by atoms with Gasteiger partial charge in [0.05, 0.1) is 0 Å². The Morgan fingerprint density at radius 1 is 1.00 bits per heavy atom. The van der Waals surface area contributed by atoms with Crippen LogP contribution in [0.25, 0.3) is 0 Å². The summed E-state index contributed by atoms with van der Waals surface area (Å²) in [6.07, 6.45) is 5.63. The highest BCUT2D eigenvalue weighted by molar-refractivity contribution is 8.00. The first-order valence-electron chi connectivity index (χ1n) is 7.74. The standard InChI is InChI=1S/C15H30N2S/c1-12-4-6-15(7-5-12)16-8-9-17-10-13(2)18-14(3)11-17/h12-16H,4-11H2,1-3H3. The Balaban J connectivity index is 1.60. The fraction of sp³-hybridized carbons (Fsp3) is 1.00. The number of rotatable bonds is 4. The van der Waals surface area contributed by atoms with Gasteiger partial charge in [0, 0.05) is 42.7 Å². The third-order valence-corrected chi connectivity index (χ3v) is 5.60. The second kappa shape index (κ2) is 7.16. The van der Waals surface area contributed by atoms with Gasteiger partial charge in [-0.25, -0.2) is 0 Å². The molecule has 3 heteroatoms. The lowest BCUT2D eigenvalue weighted by Crippen LogP contribution is -2.45. The first-order valence-corrected chi connectivity index (χ1v) is 8.69. The summed E-state index contributed by atoms with van der Waals surface area (Å²) in [6, 6.07) is 0.801. The topological polar surface area (TPSA) is 15.3 Å². The highest BCUT2D eigenvalue weighted by Crippen LogP contribution is 2.25. The van der Waals surface area contributed by atoms with Gasteiger partial charge in [-0.3, -0.25) is 4.90 Å². The zero-order valence-corrected chi connectivity index (χ0v) is 13.1. The van der Waals surface area contributed by atoms with Crippen LogP contribution in [0.2, 0.25) is 0 Å². The average molecular weight is 270 g/mol. The van der Waals surface area contributed by atoms with Crippen LogP contribution in [-0.2, 0) is 0 Å². The first-order chi connectivity index (χ1) is 8.63. The summed E-state index contributed by atoms with van der Waals surface area (Å²) in [7, 11) is 0. The van der Waals surface area contributed by atoms with Crippen LogP contribution in [0.5, 0.6) is 0 Å². The SMILES string of the molecule is CC1CCC(NCCN2CC(C)SC(C)C2)CC1. The minimum atomic E-state index is 0.801. The van der Waals surface area contributed by atoms with Gasteiger partial charge < -0.3 is 5.32 Å². The van der Waals surface area contributed by atoms with Gasteiger partial charge in [0.15, 0.2) is 0 Å². The lowest BCUT2D eigenvalue weighted by atomic mass is 9.87. The first kappa shape index (κ1) is 14.7. The predicted molar refractivity (Wildman–Crippen MR) is 82.4 cm³/mol. The van der Waals surface area contributed by atoms with E-state index in [0.717, 1.165) is 22.5 Å². The monoisotopic (exact) mass is 270 g/mol. The highest BCUT2D eigenvalue weighted by atomic mass is 32.2. The van der Waals surface area contributed by atoms with E-state index in [2.05, 4.69) is 42.7 Å². The molecule has 106 valence electrons. The van der Waals surface area contributed by atoms with Gasteiger partial charge >= 0.3 is 0 Å². The molecule has 2 rings (SSSR count). The van der Waals surface area contributed by atoms with Crippen molar-refractivity contribution >= 4 is 11.8 Å². The largest absolute Gasteiger partial charge is 0.313 e. The molecule has 2 nitrogen and oxygen atoms in total. The summed E-state index contributed by atoms with van der Waals surface area (Å²) in [4.78, 5) is 2.64. The molecule has 0 aromatic rings. The zero-order chi connectivity index (χ0) is 13.0. The molecule has 2 unspecified atom stereocenters. The van der Waals surface area contributed by atoms with Gasteiger partial charge in [0.2, 0.25) is 0 Å². The molecule has 1 aliphatic heterocycles. The molecule has 0 aromatic carbocycles. The quantitative estimate of drug-likeness (QED) is 0.845. The van der Waals surface area contributed by atoms with Gasteiger partial charge in [0.25, 0.3) is 0 Å². The minimum Gasteiger partial charge on any atom is -0.313 e. The number of nitrogens with zero attached hydrogens (tertiary/aromatic N) is 1. The molecule has 18 heavy (non-hydrogen) atoms. The Labute approximate surface area is 117 Å². The van der Waals surface area contributed by atoms with Gasteiger partial charge in [0.1, 0.15) is 0 Å². The molecular formula is C15H30N2S. The number of hydrogen-bond donors (Lipinski definition) is 1. The number of hydrogen-bond acceptors (Lipinski definition) is 3. The van der Waals surface area contributed by atoms with E-state index in [1.165, 1.54) is 51.9 Å². The summed E-state index contributed by atoms with van der Waals surface area (Å²) in [6.45, 7) is 12.1. The van der Waals surface area contributed by atoms with Crippen molar-refractivity contribution in [1.82, 2.24) is 10.2 Å². The Bertz CT molecular complexity index is 229. The second-order valence-corrected chi connectivity index (χ2v) is 8.31. The van der Waals surface area contributed by atoms with Gasteiger partial charge in [-0.1, -0.05) is 20.8 Å². The highest BCUT2D eigenvalue weighted by Gasteiger charge is 2.22. The van der Waals surface area contributed by atoms with Gasteiger partial charge in [-0.15, -0.1) is 0 Å². The Morgan fingerprint density at radius 2 is 1.61 bits per heavy atom. The van der Waals surface area contributed by atoms with Crippen molar-refractivity contribution in [1.29, 1.82) is 0 Å². The van der Waals surface area contributed by atoms with E-state index < -0.39 is 0 Å². The number of thioether (sulfide) groups is 1. The van der Waals surface area contributed by atoms with E-state index in [1.807, 2.05) is 0 Å². The third-order valence-electron chi connectivity index (χ3n) is 4.37. The van der Waals surface area contributed by atoms with E-state index in [9.17, 15) is 0 Å². The fourth-order valence-corrected chi connectivity index (χ4v) is 4.74. The van der Waals surface area contributed by atoms with E-state index in [4.69, 9.17) is 0 Å². The summed E-state index contributed by atoms with van der Waals surface area (Å²) >= 11 is 2.14. The lowest BCUT2D eigenvalue weighted by molar-refractivity contribution is 0.251. The van der Waals surface area contributed by atoms with Crippen LogP contribution in [-0.4, -0.2) is 47.6 Å². The van der Waals surface area contributed by atoms with Crippen molar-refractivity contribution in [2.24, 2.45) is 5.92 Å². The molecule has 0 spiro atoms. The number of nitrogens with one attached hydrogen (secondary N) is 1. The molecule has 2 fully saturated rings. The Hall–Kier alpha value is 0.270. The summed E-state index contributed by atoms with van der Waals surface area (Å²) < 4.78 is 0. The van der Waals surface area contributed by atoms with Crippen molar-refractivity contribution in [2.75, 3.05) is 26.2 Å². The molecule has 0 bridgehead atoms. The average Bonchev–Trinajstić information content (AvgIpc) is 2.30. The maximum atomic E-state index is 3.77. The molecule has 2 atom stereocenters. The predicted octanol–water partition coefficient (Wildman–Crippen LogP) is 2.98. The summed E-state index contributed by atoms with van der Waals surface area (Å²) in [5.41, 5.74) is 0. The molecule has 1 aliphatic carbocycles. The van der Waals surface area contributed by atoms with E-state index in [-0.39, 0.29) is 0 Å². The van der Waals surface area contributed by atoms with Crippen LogP contribution < -0.4 is 5.32 Å². The molecule has 1 saturated carbocycles. The zero-order valence-electron chi connectivity index (χ0n) is 12.3. The van der Waals surface area contributed by atoms with E-state index in [1.54, 1.807) is 0 Å². The van der Waals surface area contributed by atoms with Crippen molar-refractivity contribution in [2.45, 2.75) is 63.0 Å². The van der Waals surface area contributed by atoms with Crippen LogP contribution in [0.15, 0.2) is 0 Å². The molecule has 0 radical (unpaired) electrons. The molecule has 0 aromatic heterocycles. The normalized spacial score (nSPS) is 38.8. The van der Waals surface area contributed by atoms with Crippen LogP contribution in [0.4, 0.5) is 0 Å². The fourth-order valence-electron chi connectivity index (χ4n) is 3.36. The van der Waals surface area contributed by atoms with E-state index in [0.29, 0.717) is 0 Å². The summed E-state index contributed by atoms with van der Waals surface area (Å²) in [5.74, 6) is 0.962. The maximum Gasteiger partial charge on any atom is 0.0149 e. The molecule has 1 N–H and O–H groups in total. The van der Waals surface area contributed by atoms with Crippen LogP contribution in [0.1, 0.15) is 46.5 Å². The van der Waals surface area contributed by atoms with Crippen molar-refractivity contribution in [3.05, 3.63) is 0 Å². The van der Waals surface area contributed by atoms with Gasteiger partial charge in [-0.05, 0) is 31.6 Å². The second-order valence-electron chi connectivity index (χ2n) is 6.43. The molecule has 1 saturated heterocycles. The molecule has 1 heterocycles. The van der Waals surface area contributed by atoms with Gasteiger partial charge in [-0.2, -0.15) is 11.8 Å². The lowest BCUT2D eigenvalue weighted by Gasteiger charge is -2.35.